The number of esters is 1. The number of ether oxygens (including phenoxy) is 1. The molecule has 0 fully saturated rings. The molecule has 154 valence electrons. The van der Waals surface area contributed by atoms with Crippen LogP contribution in [0.4, 0.5) is 11.4 Å². The number of nitro groups is 1. The van der Waals surface area contributed by atoms with Crippen LogP contribution in [0.1, 0.15) is 30.0 Å². The van der Waals surface area contributed by atoms with Crippen molar-refractivity contribution in [2.24, 2.45) is 5.92 Å². The molecule has 0 aliphatic carbocycles. The second-order valence-electron chi connectivity index (χ2n) is 6.58. The molecule has 1 aromatic carbocycles. The van der Waals surface area contributed by atoms with E-state index in [1.54, 1.807) is 20.8 Å². The van der Waals surface area contributed by atoms with Gasteiger partial charge in [-0.05, 0) is 30.5 Å². The molecule has 10 nitrogen and oxygen atoms in total. The second-order valence-corrected chi connectivity index (χ2v) is 6.58. The van der Waals surface area contributed by atoms with Crippen molar-refractivity contribution in [2.75, 3.05) is 11.9 Å². The maximum absolute atomic E-state index is 12.3. The molecule has 0 unspecified atom stereocenters. The van der Waals surface area contributed by atoms with Crippen molar-refractivity contribution in [3.8, 4) is 0 Å². The minimum atomic E-state index is -0.986. The van der Waals surface area contributed by atoms with E-state index in [0.29, 0.717) is 5.56 Å². The highest BCUT2D eigenvalue weighted by atomic mass is 16.6. The average molecular weight is 403 g/mol. The minimum absolute atomic E-state index is 0.0438. The molecule has 2 rings (SSSR count). The molecule has 0 spiro atoms. The Morgan fingerprint density at radius 2 is 1.97 bits per heavy atom. The van der Waals surface area contributed by atoms with Gasteiger partial charge in [0.25, 0.3) is 17.5 Å². The van der Waals surface area contributed by atoms with E-state index in [-0.39, 0.29) is 23.1 Å². The third-order valence-electron chi connectivity index (χ3n) is 4.00. The highest BCUT2D eigenvalue weighted by Gasteiger charge is 2.27. The third-order valence-corrected chi connectivity index (χ3v) is 4.00. The summed E-state index contributed by atoms with van der Waals surface area (Å²) in [6, 6.07) is 6.04. The molecular formula is C19H21N3O7. The molecule has 0 bridgehead atoms. The monoisotopic (exact) mass is 403 g/mol. The van der Waals surface area contributed by atoms with Crippen LogP contribution in [0.5, 0.6) is 0 Å². The molecular weight excluding hydrogens is 382 g/mol. The fraction of sp³-hybridized carbons (Fsp3) is 0.316. The highest BCUT2D eigenvalue weighted by Crippen LogP contribution is 2.21. The van der Waals surface area contributed by atoms with Gasteiger partial charge in [-0.25, -0.2) is 4.79 Å². The highest BCUT2D eigenvalue weighted by molar-refractivity contribution is 5.96. The Hall–Kier alpha value is -3.69. The molecule has 1 aromatic heterocycles. The SMILES string of the molecule is Cc1ccc([N+](=O)[O-])cc1NC(=O)COC(=O)[C@@H](NC(=O)c1ccco1)C(C)C. The lowest BCUT2D eigenvalue weighted by molar-refractivity contribution is -0.384. The number of nitro benzene ring substituents is 1. The van der Waals surface area contributed by atoms with Crippen LogP contribution in [-0.2, 0) is 14.3 Å². The lowest BCUT2D eigenvalue weighted by Crippen LogP contribution is -2.45. The molecule has 29 heavy (non-hydrogen) atoms. The van der Waals surface area contributed by atoms with Crippen LogP contribution in [-0.4, -0.2) is 35.4 Å². The predicted molar refractivity (Wildman–Crippen MR) is 102 cm³/mol. The molecule has 0 aliphatic rings. The van der Waals surface area contributed by atoms with Gasteiger partial charge in [-0.15, -0.1) is 0 Å². The van der Waals surface area contributed by atoms with Gasteiger partial charge in [0.2, 0.25) is 0 Å². The summed E-state index contributed by atoms with van der Waals surface area (Å²) in [5.41, 5.74) is 0.677. The first-order valence-corrected chi connectivity index (χ1v) is 8.75. The van der Waals surface area contributed by atoms with Gasteiger partial charge >= 0.3 is 5.97 Å². The molecule has 0 saturated heterocycles. The normalized spacial score (nSPS) is 11.6. The van der Waals surface area contributed by atoms with Gasteiger partial charge in [-0.2, -0.15) is 0 Å². The van der Waals surface area contributed by atoms with Gasteiger partial charge in [0.1, 0.15) is 6.04 Å². The van der Waals surface area contributed by atoms with E-state index in [1.807, 2.05) is 0 Å². The number of carbonyl (C=O) groups is 3. The summed E-state index contributed by atoms with van der Waals surface area (Å²) in [6.45, 7) is 4.48. The Morgan fingerprint density at radius 1 is 1.24 bits per heavy atom. The lowest BCUT2D eigenvalue weighted by Gasteiger charge is -2.20. The maximum Gasteiger partial charge on any atom is 0.329 e. The molecule has 0 aliphatic heterocycles. The number of hydrogen-bond acceptors (Lipinski definition) is 7. The van der Waals surface area contributed by atoms with E-state index in [1.165, 1.54) is 36.6 Å². The van der Waals surface area contributed by atoms with Crippen molar-refractivity contribution in [2.45, 2.75) is 26.8 Å². The fourth-order valence-electron chi connectivity index (χ4n) is 2.39. The zero-order valence-electron chi connectivity index (χ0n) is 16.1. The number of amides is 2. The zero-order chi connectivity index (χ0) is 21.6. The van der Waals surface area contributed by atoms with E-state index in [9.17, 15) is 24.5 Å². The first-order chi connectivity index (χ1) is 13.7. The van der Waals surface area contributed by atoms with Crippen molar-refractivity contribution in [3.05, 3.63) is 58.0 Å². The number of hydrogen-bond donors (Lipinski definition) is 2. The summed E-state index contributed by atoms with van der Waals surface area (Å²) in [5.74, 6) is -2.29. The van der Waals surface area contributed by atoms with Crippen LogP contribution in [0.2, 0.25) is 0 Å². The average Bonchev–Trinajstić information content (AvgIpc) is 3.20. The van der Waals surface area contributed by atoms with Crippen LogP contribution in [0, 0.1) is 23.0 Å². The first kappa shape index (κ1) is 21.6. The number of non-ortho nitro benzene ring substituents is 1. The fourth-order valence-corrected chi connectivity index (χ4v) is 2.39. The zero-order valence-corrected chi connectivity index (χ0v) is 16.1. The summed E-state index contributed by atoms with van der Waals surface area (Å²) in [6.07, 6.45) is 1.33. The minimum Gasteiger partial charge on any atom is -0.459 e. The molecule has 0 saturated carbocycles. The summed E-state index contributed by atoms with van der Waals surface area (Å²) in [7, 11) is 0. The summed E-state index contributed by atoms with van der Waals surface area (Å²) < 4.78 is 9.99. The van der Waals surface area contributed by atoms with Crippen molar-refractivity contribution < 1.29 is 28.5 Å². The maximum atomic E-state index is 12.3. The van der Waals surface area contributed by atoms with Gasteiger partial charge < -0.3 is 19.8 Å². The summed E-state index contributed by atoms with van der Waals surface area (Å²) in [5, 5.41) is 15.8. The van der Waals surface area contributed by atoms with Gasteiger partial charge in [0, 0.05) is 12.1 Å². The Bertz CT molecular complexity index is 907. The Kier molecular flexibility index (Phi) is 7.07. The third kappa shape index (κ3) is 5.89. The standard InChI is InChI=1S/C19H21N3O7/c1-11(2)17(21-18(24)15-5-4-8-28-15)19(25)29-10-16(23)20-14-9-13(22(26)27)7-6-12(14)3/h4-9,11,17H,10H2,1-3H3,(H,20,23)(H,21,24)/t17-/m0/s1. The number of nitrogens with zero attached hydrogens (tertiary/aromatic N) is 1. The van der Waals surface area contributed by atoms with Crippen LogP contribution in [0.25, 0.3) is 0 Å². The van der Waals surface area contributed by atoms with Gasteiger partial charge in [-0.1, -0.05) is 19.9 Å². The van der Waals surface area contributed by atoms with E-state index in [4.69, 9.17) is 9.15 Å². The van der Waals surface area contributed by atoms with Crippen molar-refractivity contribution in [1.82, 2.24) is 5.32 Å². The van der Waals surface area contributed by atoms with Crippen LogP contribution in [0.3, 0.4) is 0 Å². The van der Waals surface area contributed by atoms with E-state index >= 15 is 0 Å². The van der Waals surface area contributed by atoms with Crippen molar-refractivity contribution in [3.63, 3.8) is 0 Å². The predicted octanol–water partition coefficient (Wildman–Crippen LogP) is 2.43. The van der Waals surface area contributed by atoms with E-state index in [2.05, 4.69) is 10.6 Å². The smallest absolute Gasteiger partial charge is 0.329 e. The molecule has 10 heteroatoms. The Morgan fingerprint density at radius 3 is 2.55 bits per heavy atom. The van der Waals surface area contributed by atoms with Gasteiger partial charge in [0.05, 0.1) is 16.9 Å². The topological polar surface area (TPSA) is 141 Å². The number of rotatable bonds is 8. The Labute approximate surface area is 166 Å². The van der Waals surface area contributed by atoms with Crippen molar-refractivity contribution >= 4 is 29.2 Å². The van der Waals surface area contributed by atoms with Gasteiger partial charge in [0.15, 0.2) is 12.4 Å². The van der Waals surface area contributed by atoms with Gasteiger partial charge in [-0.3, -0.25) is 19.7 Å². The first-order valence-electron chi connectivity index (χ1n) is 8.75. The van der Waals surface area contributed by atoms with E-state index < -0.39 is 35.4 Å². The lowest BCUT2D eigenvalue weighted by atomic mass is 10.0. The molecule has 2 aromatic rings. The quantitative estimate of drug-likeness (QED) is 0.392. The number of nitrogens with one attached hydrogen (secondary N) is 2. The van der Waals surface area contributed by atoms with Crippen LogP contribution >= 0.6 is 0 Å². The Balaban J connectivity index is 1.95. The van der Waals surface area contributed by atoms with Crippen LogP contribution < -0.4 is 10.6 Å². The largest absolute Gasteiger partial charge is 0.459 e. The molecule has 1 heterocycles. The van der Waals surface area contributed by atoms with E-state index in [0.717, 1.165) is 0 Å². The number of benzene rings is 1. The molecule has 2 N–H and O–H groups in total. The van der Waals surface area contributed by atoms with Crippen LogP contribution in [0.15, 0.2) is 41.0 Å². The number of carbonyl (C=O) groups excluding carboxylic acids is 3. The molecule has 2 amide bonds. The second kappa shape index (κ2) is 9.49. The van der Waals surface area contributed by atoms with Crippen molar-refractivity contribution in [1.29, 1.82) is 0 Å². The summed E-state index contributed by atoms with van der Waals surface area (Å²) >= 11 is 0. The molecule has 1 atom stereocenters. The number of anilines is 1. The number of furan rings is 1. The number of aryl methyl sites for hydroxylation is 1. The molecule has 0 radical (unpaired) electrons. The summed E-state index contributed by atoms with van der Waals surface area (Å²) in [4.78, 5) is 46.8.